The molecule has 0 fully saturated rings. The molecular weight excluding hydrogens is 276 g/mol. The Labute approximate surface area is 121 Å². The molecule has 0 saturated carbocycles. The SMILES string of the molecule is COCCNCCc1nnc(-c2ccn(C)c(=O)c2)s1. The van der Waals surface area contributed by atoms with Gasteiger partial charge in [0.2, 0.25) is 0 Å². The van der Waals surface area contributed by atoms with Gasteiger partial charge in [0.1, 0.15) is 10.0 Å². The highest BCUT2D eigenvalue weighted by atomic mass is 32.1. The van der Waals surface area contributed by atoms with Crippen LogP contribution in [0.3, 0.4) is 0 Å². The maximum Gasteiger partial charge on any atom is 0.250 e. The summed E-state index contributed by atoms with van der Waals surface area (Å²) < 4.78 is 6.49. The van der Waals surface area contributed by atoms with Crippen LogP contribution in [0.4, 0.5) is 0 Å². The van der Waals surface area contributed by atoms with E-state index in [0.29, 0.717) is 6.61 Å². The number of ether oxygens (including phenoxy) is 1. The van der Waals surface area contributed by atoms with E-state index in [2.05, 4.69) is 15.5 Å². The zero-order valence-corrected chi connectivity index (χ0v) is 12.4. The number of pyridine rings is 1. The van der Waals surface area contributed by atoms with Crippen LogP contribution < -0.4 is 10.9 Å². The molecule has 0 radical (unpaired) electrons. The molecule has 6 nitrogen and oxygen atoms in total. The van der Waals surface area contributed by atoms with Gasteiger partial charge in [0.05, 0.1) is 6.61 Å². The van der Waals surface area contributed by atoms with Gasteiger partial charge in [-0.05, 0) is 6.07 Å². The second-order valence-corrected chi connectivity index (χ2v) is 5.42. The highest BCUT2D eigenvalue weighted by molar-refractivity contribution is 7.14. The molecule has 20 heavy (non-hydrogen) atoms. The smallest absolute Gasteiger partial charge is 0.250 e. The van der Waals surface area contributed by atoms with Crippen molar-refractivity contribution in [3.05, 3.63) is 33.7 Å². The Kier molecular flexibility index (Phi) is 5.40. The van der Waals surface area contributed by atoms with Crippen molar-refractivity contribution < 1.29 is 4.74 Å². The molecule has 0 aliphatic rings. The fraction of sp³-hybridized carbons (Fsp3) is 0.462. The van der Waals surface area contributed by atoms with Crippen molar-refractivity contribution in [3.63, 3.8) is 0 Å². The maximum absolute atomic E-state index is 11.6. The normalized spacial score (nSPS) is 10.9. The fourth-order valence-corrected chi connectivity index (χ4v) is 2.48. The maximum atomic E-state index is 11.6. The average Bonchev–Trinajstić information content (AvgIpc) is 2.90. The highest BCUT2D eigenvalue weighted by Gasteiger charge is 2.07. The van der Waals surface area contributed by atoms with Crippen LogP contribution in [-0.2, 0) is 18.2 Å². The lowest BCUT2D eigenvalue weighted by atomic mass is 10.3. The molecule has 7 heteroatoms. The molecule has 0 aromatic carbocycles. The molecule has 0 bridgehead atoms. The van der Waals surface area contributed by atoms with Gasteiger partial charge in [0.25, 0.3) is 5.56 Å². The van der Waals surface area contributed by atoms with Crippen LogP contribution in [0.25, 0.3) is 10.6 Å². The van der Waals surface area contributed by atoms with Crippen molar-refractivity contribution in [2.45, 2.75) is 6.42 Å². The first-order chi connectivity index (χ1) is 9.70. The second-order valence-electron chi connectivity index (χ2n) is 4.36. The lowest BCUT2D eigenvalue weighted by Crippen LogP contribution is -2.21. The van der Waals surface area contributed by atoms with Gasteiger partial charge in [0.15, 0.2) is 0 Å². The minimum Gasteiger partial charge on any atom is -0.383 e. The summed E-state index contributed by atoms with van der Waals surface area (Å²) in [4.78, 5) is 11.6. The van der Waals surface area contributed by atoms with Crippen LogP contribution in [0.5, 0.6) is 0 Å². The third-order valence-corrected chi connectivity index (χ3v) is 3.85. The summed E-state index contributed by atoms with van der Waals surface area (Å²) >= 11 is 1.52. The van der Waals surface area contributed by atoms with Crippen LogP contribution in [0, 0.1) is 0 Å². The molecule has 0 atom stereocenters. The van der Waals surface area contributed by atoms with E-state index in [-0.39, 0.29) is 5.56 Å². The molecule has 0 aliphatic heterocycles. The average molecular weight is 294 g/mol. The first-order valence-electron chi connectivity index (χ1n) is 6.40. The predicted molar refractivity (Wildman–Crippen MR) is 79.0 cm³/mol. The van der Waals surface area contributed by atoms with Gasteiger partial charge in [-0.2, -0.15) is 0 Å². The van der Waals surface area contributed by atoms with Crippen molar-refractivity contribution in [1.29, 1.82) is 0 Å². The molecule has 0 unspecified atom stereocenters. The Morgan fingerprint density at radius 2 is 2.25 bits per heavy atom. The Morgan fingerprint density at radius 1 is 1.40 bits per heavy atom. The van der Waals surface area contributed by atoms with E-state index in [0.717, 1.165) is 35.1 Å². The second kappa shape index (κ2) is 7.28. The van der Waals surface area contributed by atoms with E-state index in [1.165, 1.54) is 15.9 Å². The minimum atomic E-state index is -0.0412. The Balaban J connectivity index is 1.94. The Hall–Kier alpha value is -1.57. The first kappa shape index (κ1) is 14.8. The summed E-state index contributed by atoms with van der Waals surface area (Å²) in [7, 11) is 3.41. The molecule has 0 amide bonds. The molecule has 108 valence electrons. The van der Waals surface area contributed by atoms with Gasteiger partial charge in [0, 0.05) is 51.5 Å². The molecule has 2 heterocycles. The molecule has 2 rings (SSSR count). The quantitative estimate of drug-likeness (QED) is 0.761. The summed E-state index contributed by atoms with van der Waals surface area (Å²) in [6.45, 7) is 2.38. The van der Waals surface area contributed by atoms with Gasteiger partial charge < -0.3 is 14.6 Å². The molecule has 0 spiro atoms. The van der Waals surface area contributed by atoms with Gasteiger partial charge in [-0.15, -0.1) is 10.2 Å². The van der Waals surface area contributed by atoms with Crippen molar-refractivity contribution in [1.82, 2.24) is 20.1 Å². The number of nitrogens with zero attached hydrogens (tertiary/aromatic N) is 3. The molecule has 2 aromatic heterocycles. The number of hydrogen-bond donors (Lipinski definition) is 1. The van der Waals surface area contributed by atoms with E-state index >= 15 is 0 Å². The monoisotopic (exact) mass is 294 g/mol. The topological polar surface area (TPSA) is 69.0 Å². The molecular formula is C13H18N4O2S. The minimum absolute atomic E-state index is 0.0412. The Bertz CT molecular complexity index is 608. The van der Waals surface area contributed by atoms with Gasteiger partial charge in [-0.1, -0.05) is 11.3 Å². The van der Waals surface area contributed by atoms with Gasteiger partial charge >= 0.3 is 0 Å². The van der Waals surface area contributed by atoms with E-state index < -0.39 is 0 Å². The van der Waals surface area contributed by atoms with Crippen molar-refractivity contribution in [3.8, 4) is 10.6 Å². The molecule has 0 saturated heterocycles. The number of methoxy groups -OCH3 is 1. The molecule has 2 aromatic rings. The molecule has 1 N–H and O–H groups in total. The third-order valence-electron chi connectivity index (χ3n) is 2.82. The summed E-state index contributed by atoms with van der Waals surface area (Å²) in [6.07, 6.45) is 2.57. The zero-order chi connectivity index (χ0) is 14.4. The van der Waals surface area contributed by atoms with Crippen LogP contribution >= 0.6 is 11.3 Å². The summed E-state index contributed by atoms with van der Waals surface area (Å²) in [5, 5.41) is 13.3. The summed E-state index contributed by atoms with van der Waals surface area (Å²) in [6, 6.07) is 3.46. The van der Waals surface area contributed by atoms with Crippen molar-refractivity contribution in [2.75, 3.05) is 26.8 Å². The highest BCUT2D eigenvalue weighted by Crippen LogP contribution is 2.21. The fourth-order valence-electron chi connectivity index (χ4n) is 1.65. The van der Waals surface area contributed by atoms with Crippen LogP contribution in [0.15, 0.2) is 23.1 Å². The first-order valence-corrected chi connectivity index (χ1v) is 7.21. The van der Waals surface area contributed by atoms with Crippen molar-refractivity contribution in [2.24, 2.45) is 7.05 Å². The number of aromatic nitrogens is 3. The Morgan fingerprint density at radius 3 is 3.00 bits per heavy atom. The lowest BCUT2D eigenvalue weighted by molar-refractivity contribution is 0.199. The predicted octanol–water partition coefficient (Wildman–Crippen LogP) is 0.682. The number of nitrogens with one attached hydrogen (secondary N) is 1. The number of hydrogen-bond acceptors (Lipinski definition) is 6. The van der Waals surface area contributed by atoms with Crippen LogP contribution in [0.2, 0.25) is 0 Å². The largest absolute Gasteiger partial charge is 0.383 e. The van der Waals surface area contributed by atoms with E-state index in [4.69, 9.17) is 4.74 Å². The summed E-state index contributed by atoms with van der Waals surface area (Å²) in [5.41, 5.74) is 0.782. The van der Waals surface area contributed by atoms with E-state index in [9.17, 15) is 4.79 Å². The van der Waals surface area contributed by atoms with E-state index in [1.54, 1.807) is 26.4 Å². The standard InChI is InChI=1S/C13H18N4O2S/c1-17-7-4-10(9-12(17)18)13-16-15-11(20-13)3-5-14-6-8-19-2/h4,7,9,14H,3,5-6,8H2,1-2H3. The lowest BCUT2D eigenvalue weighted by Gasteiger charge is -2.00. The van der Waals surface area contributed by atoms with Gasteiger partial charge in [-0.25, -0.2) is 0 Å². The van der Waals surface area contributed by atoms with Crippen LogP contribution in [0.1, 0.15) is 5.01 Å². The third kappa shape index (κ3) is 3.96. The molecule has 0 aliphatic carbocycles. The van der Waals surface area contributed by atoms with Crippen LogP contribution in [-0.4, -0.2) is 41.6 Å². The number of rotatable bonds is 7. The van der Waals surface area contributed by atoms with E-state index in [1.807, 2.05) is 6.07 Å². The summed E-state index contributed by atoms with van der Waals surface area (Å²) in [5.74, 6) is 0. The van der Waals surface area contributed by atoms with Crippen molar-refractivity contribution >= 4 is 11.3 Å². The zero-order valence-electron chi connectivity index (χ0n) is 11.6. The van der Waals surface area contributed by atoms with Gasteiger partial charge in [-0.3, -0.25) is 4.79 Å². The number of aryl methyl sites for hydroxylation is 1.